The molecule has 0 unspecified atom stereocenters. The van der Waals surface area contributed by atoms with Gasteiger partial charge in [-0.25, -0.2) is 0 Å². The van der Waals surface area contributed by atoms with E-state index < -0.39 is 12.1 Å². The number of aliphatic carboxylic acids is 1. The maximum absolute atomic E-state index is 12.2. The second-order valence-corrected chi connectivity index (χ2v) is 4.71. The Hall–Kier alpha value is -1.10. The summed E-state index contributed by atoms with van der Waals surface area (Å²) < 4.78 is 5.32. The Balaban J connectivity index is 2.57. The number of hydrogen-bond donors (Lipinski definition) is 1. The fourth-order valence-electron chi connectivity index (χ4n) is 2.44. The van der Waals surface area contributed by atoms with E-state index >= 15 is 0 Å². The first-order valence-electron chi connectivity index (χ1n) is 6.70. The monoisotopic (exact) mass is 257 g/mol. The number of carbonyl (C=O) groups excluding carboxylic acids is 1. The Morgan fingerprint density at radius 3 is 2.78 bits per heavy atom. The van der Waals surface area contributed by atoms with Gasteiger partial charge in [0.25, 0.3) is 5.91 Å². The summed E-state index contributed by atoms with van der Waals surface area (Å²) in [5.74, 6) is -0.808. The lowest BCUT2D eigenvalue weighted by atomic mass is 9.97. The summed E-state index contributed by atoms with van der Waals surface area (Å²) in [5.41, 5.74) is 0. The number of carboxylic acid groups (broad SMARTS) is 1. The van der Waals surface area contributed by atoms with Gasteiger partial charge in [0.2, 0.25) is 0 Å². The molecule has 1 aliphatic rings. The van der Waals surface area contributed by atoms with E-state index in [0.29, 0.717) is 13.0 Å². The third-order valence-electron chi connectivity index (χ3n) is 3.37. The summed E-state index contributed by atoms with van der Waals surface area (Å²) >= 11 is 0. The standard InChI is InChI=1S/C13H23NO4/c1-3-18-10(2)13(17)14-9-5-4-6-11(14)7-8-12(15)16/h10-11H,3-9H2,1-2H3,(H,15,16)/t10-,11+/m0/s1. The average Bonchev–Trinajstić information content (AvgIpc) is 2.36. The molecule has 1 aliphatic heterocycles. The Kier molecular flexibility index (Phi) is 6.12. The Bertz CT molecular complexity index is 293. The van der Waals surface area contributed by atoms with Crippen LogP contribution in [0.5, 0.6) is 0 Å². The van der Waals surface area contributed by atoms with Crippen LogP contribution >= 0.6 is 0 Å². The Morgan fingerprint density at radius 2 is 2.17 bits per heavy atom. The van der Waals surface area contributed by atoms with Crippen molar-refractivity contribution >= 4 is 11.9 Å². The predicted octanol–water partition coefficient (Wildman–Crippen LogP) is 1.66. The molecule has 1 heterocycles. The van der Waals surface area contributed by atoms with E-state index in [-0.39, 0.29) is 18.4 Å². The highest BCUT2D eigenvalue weighted by Crippen LogP contribution is 2.22. The minimum absolute atomic E-state index is 0.00746. The molecule has 1 amide bonds. The highest BCUT2D eigenvalue weighted by atomic mass is 16.5. The van der Waals surface area contributed by atoms with Gasteiger partial charge in [-0.2, -0.15) is 0 Å². The highest BCUT2D eigenvalue weighted by molar-refractivity contribution is 5.81. The van der Waals surface area contributed by atoms with Gasteiger partial charge in [0.05, 0.1) is 0 Å². The molecule has 0 radical (unpaired) electrons. The maximum Gasteiger partial charge on any atom is 0.303 e. The number of rotatable bonds is 6. The summed E-state index contributed by atoms with van der Waals surface area (Å²) in [4.78, 5) is 24.6. The highest BCUT2D eigenvalue weighted by Gasteiger charge is 2.29. The number of piperidine rings is 1. The third kappa shape index (κ3) is 4.29. The van der Waals surface area contributed by atoms with Gasteiger partial charge in [-0.05, 0) is 39.5 Å². The van der Waals surface area contributed by atoms with E-state index in [2.05, 4.69) is 0 Å². The van der Waals surface area contributed by atoms with Crippen molar-refractivity contribution < 1.29 is 19.4 Å². The van der Waals surface area contributed by atoms with E-state index in [0.717, 1.165) is 25.8 Å². The van der Waals surface area contributed by atoms with E-state index in [1.54, 1.807) is 6.92 Å². The molecule has 1 N–H and O–H groups in total. The molecule has 0 aromatic heterocycles. The number of hydrogen-bond acceptors (Lipinski definition) is 3. The zero-order valence-corrected chi connectivity index (χ0v) is 11.2. The fraction of sp³-hybridized carbons (Fsp3) is 0.846. The third-order valence-corrected chi connectivity index (χ3v) is 3.37. The van der Waals surface area contributed by atoms with Crippen molar-refractivity contribution in [3.8, 4) is 0 Å². The molecular weight excluding hydrogens is 234 g/mol. The summed E-state index contributed by atoms with van der Waals surface area (Å²) in [6, 6.07) is 0.0604. The first kappa shape index (κ1) is 15.0. The van der Waals surface area contributed by atoms with Crippen LogP contribution in [0.4, 0.5) is 0 Å². The van der Waals surface area contributed by atoms with Crippen molar-refractivity contribution in [2.45, 2.75) is 58.1 Å². The molecule has 0 aromatic rings. The lowest BCUT2D eigenvalue weighted by Gasteiger charge is -2.37. The van der Waals surface area contributed by atoms with Crippen molar-refractivity contribution in [2.75, 3.05) is 13.2 Å². The molecule has 0 spiro atoms. The lowest BCUT2D eigenvalue weighted by Crippen LogP contribution is -2.48. The summed E-state index contributed by atoms with van der Waals surface area (Å²) in [5, 5.41) is 8.73. The number of ether oxygens (including phenoxy) is 1. The second kappa shape index (κ2) is 7.36. The van der Waals surface area contributed by atoms with E-state index in [4.69, 9.17) is 9.84 Å². The molecule has 1 fully saturated rings. The number of carboxylic acids is 1. The van der Waals surface area contributed by atoms with Gasteiger partial charge < -0.3 is 14.7 Å². The van der Waals surface area contributed by atoms with Crippen molar-refractivity contribution in [1.29, 1.82) is 0 Å². The summed E-state index contributed by atoms with van der Waals surface area (Å²) in [6.07, 6.45) is 3.20. The van der Waals surface area contributed by atoms with Crippen LogP contribution in [0.3, 0.4) is 0 Å². The topological polar surface area (TPSA) is 66.8 Å². The number of amides is 1. The zero-order chi connectivity index (χ0) is 13.5. The quantitative estimate of drug-likeness (QED) is 0.785. The van der Waals surface area contributed by atoms with Gasteiger partial charge in [-0.3, -0.25) is 9.59 Å². The minimum Gasteiger partial charge on any atom is -0.481 e. The number of nitrogens with zero attached hydrogens (tertiary/aromatic N) is 1. The normalized spacial score (nSPS) is 21.7. The molecule has 104 valence electrons. The van der Waals surface area contributed by atoms with Crippen molar-refractivity contribution in [3.63, 3.8) is 0 Å². The molecule has 1 rings (SSSR count). The van der Waals surface area contributed by atoms with Gasteiger partial charge in [0.15, 0.2) is 0 Å². The Labute approximate surface area is 108 Å². The molecule has 5 nitrogen and oxygen atoms in total. The SMILES string of the molecule is CCO[C@@H](C)C(=O)N1CCCC[C@@H]1CCC(=O)O. The lowest BCUT2D eigenvalue weighted by molar-refractivity contribution is -0.147. The Morgan fingerprint density at radius 1 is 1.44 bits per heavy atom. The summed E-state index contributed by atoms with van der Waals surface area (Å²) in [7, 11) is 0. The van der Waals surface area contributed by atoms with Crippen LogP contribution in [-0.2, 0) is 14.3 Å². The van der Waals surface area contributed by atoms with Gasteiger partial charge in [-0.15, -0.1) is 0 Å². The van der Waals surface area contributed by atoms with E-state index in [1.165, 1.54) is 0 Å². The molecule has 1 saturated heterocycles. The van der Waals surface area contributed by atoms with Crippen LogP contribution in [0.25, 0.3) is 0 Å². The smallest absolute Gasteiger partial charge is 0.303 e. The van der Waals surface area contributed by atoms with Gasteiger partial charge >= 0.3 is 5.97 Å². The molecule has 2 atom stereocenters. The number of carbonyl (C=O) groups is 2. The van der Waals surface area contributed by atoms with E-state index in [9.17, 15) is 9.59 Å². The van der Waals surface area contributed by atoms with Crippen LogP contribution < -0.4 is 0 Å². The second-order valence-electron chi connectivity index (χ2n) is 4.71. The molecular formula is C13H23NO4. The van der Waals surface area contributed by atoms with Gasteiger partial charge in [-0.1, -0.05) is 0 Å². The fourth-order valence-corrected chi connectivity index (χ4v) is 2.44. The number of likely N-dealkylation sites (tertiary alicyclic amines) is 1. The average molecular weight is 257 g/mol. The first-order chi connectivity index (χ1) is 8.56. The van der Waals surface area contributed by atoms with Crippen molar-refractivity contribution in [3.05, 3.63) is 0 Å². The molecule has 0 saturated carbocycles. The zero-order valence-electron chi connectivity index (χ0n) is 11.2. The van der Waals surface area contributed by atoms with Crippen LogP contribution in [-0.4, -0.2) is 47.2 Å². The van der Waals surface area contributed by atoms with E-state index in [1.807, 2.05) is 11.8 Å². The van der Waals surface area contributed by atoms with Crippen LogP contribution in [0.1, 0.15) is 46.0 Å². The molecule has 5 heteroatoms. The first-order valence-corrected chi connectivity index (χ1v) is 6.70. The molecule has 18 heavy (non-hydrogen) atoms. The van der Waals surface area contributed by atoms with Gasteiger partial charge in [0, 0.05) is 25.6 Å². The molecule has 0 bridgehead atoms. The largest absolute Gasteiger partial charge is 0.481 e. The summed E-state index contributed by atoms with van der Waals surface area (Å²) in [6.45, 7) is 4.86. The van der Waals surface area contributed by atoms with Crippen LogP contribution in [0.15, 0.2) is 0 Å². The molecule has 0 aliphatic carbocycles. The van der Waals surface area contributed by atoms with Crippen molar-refractivity contribution in [2.24, 2.45) is 0 Å². The predicted molar refractivity (Wildman–Crippen MR) is 67.3 cm³/mol. The van der Waals surface area contributed by atoms with Crippen LogP contribution in [0.2, 0.25) is 0 Å². The van der Waals surface area contributed by atoms with Crippen LogP contribution in [0, 0.1) is 0 Å². The minimum atomic E-state index is -0.800. The maximum atomic E-state index is 12.2. The van der Waals surface area contributed by atoms with Crippen molar-refractivity contribution in [1.82, 2.24) is 4.90 Å². The van der Waals surface area contributed by atoms with Gasteiger partial charge in [0.1, 0.15) is 6.10 Å². The molecule has 0 aromatic carbocycles.